The summed E-state index contributed by atoms with van der Waals surface area (Å²) in [5.74, 6) is 0.658. The van der Waals surface area contributed by atoms with E-state index in [2.05, 4.69) is 19.9 Å². The van der Waals surface area contributed by atoms with Gasteiger partial charge in [-0.25, -0.2) is 9.97 Å². The maximum absolute atomic E-state index is 11.3. The lowest BCUT2D eigenvalue weighted by Gasteiger charge is -2.09. The Bertz CT molecular complexity index is 555. The summed E-state index contributed by atoms with van der Waals surface area (Å²) in [5.41, 5.74) is 0.592. The number of aromatic amines is 1. The Morgan fingerprint density at radius 3 is 2.88 bits per heavy atom. The summed E-state index contributed by atoms with van der Waals surface area (Å²) in [6, 6.07) is 1.48. The van der Waals surface area contributed by atoms with Gasteiger partial charge in [-0.15, -0.1) is 0 Å². The van der Waals surface area contributed by atoms with Gasteiger partial charge >= 0.3 is 0 Å². The lowest BCUT2D eigenvalue weighted by atomic mass is 10.4. The number of hydrogen-bond acceptors (Lipinski definition) is 5. The quantitative estimate of drug-likeness (QED) is 0.837. The summed E-state index contributed by atoms with van der Waals surface area (Å²) in [6.07, 6.45) is 4.96. The Balaban J connectivity index is 2.20. The second kappa shape index (κ2) is 5.09. The molecule has 0 spiro atoms. The molecule has 0 aliphatic rings. The minimum absolute atomic E-state index is 0.0271. The van der Waals surface area contributed by atoms with Crippen LogP contribution in [0.4, 0.5) is 0 Å². The topological polar surface area (TPSA) is 71.5 Å². The molecule has 0 saturated heterocycles. The minimum Gasteiger partial charge on any atom is -0.310 e. The van der Waals surface area contributed by atoms with Crippen molar-refractivity contribution in [1.82, 2.24) is 19.9 Å². The summed E-state index contributed by atoms with van der Waals surface area (Å²) in [4.78, 5) is 26.5. The standard InChI is InChI=1S/C11H12N4OS/c1-7-5-9(16)15-11(14-7)8(2)17-10-6-12-3-4-13-10/h3-6,8H,1-2H3,(H,14,15,16). The summed E-state index contributed by atoms with van der Waals surface area (Å²) in [6.45, 7) is 3.77. The molecule has 2 rings (SSSR count). The van der Waals surface area contributed by atoms with Crippen LogP contribution in [0.3, 0.4) is 0 Å². The molecule has 0 aliphatic heterocycles. The number of nitrogens with one attached hydrogen (secondary N) is 1. The Labute approximate surface area is 103 Å². The molecule has 5 nitrogen and oxygen atoms in total. The fourth-order valence-electron chi connectivity index (χ4n) is 1.38. The average molecular weight is 248 g/mol. The molecule has 17 heavy (non-hydrogen) atoms. The fourth-order valence-corrected chi connectivity index (χ4v) is 2.21. The largest absolute Gasteiger partial charge is 0.310 e. The second-order valence-corrected chi connectivity index (χ2v) is 4.94. The molecule has 6 heteroatoms. The predicted octanol–water partition coefficient (Wildman–Crippen LogP) is 1.72. The highest BCUT2D eigenvalue weighted by Gasteiger charge is 2.11. The van der Waals surface area contributed by atoms with Crippen LogP contribution in [0, 0.1) is 6.92 Å². The van der Waals surface area contributed by atoms with Crippen LogP contribution in [0.5, 0.6) is 0 Å². The molecule has 0 aromatic carbocycles. The van der Waals surface area contributed by atoms with E-state index in [1.54, 1.807) is 25.5 Å². The molecule has 88 valence electrons. The van der Waals surface area contributed by atoms with E-state index in [1.807, 2.05) is 6.92 Å². The highest BCUT2D eigenvalue weighted by atomic mass is 32.2. The van der Waals surface area contributed by atoms with Crippen LogP contribution in [0.25, 0.3) is 0 Å². The zero-order valence-electron chi connectivity index (χ0n) is 9.54. The van der Waals surface area contributed by atoms with Crippen molar-refractivity contribution in [2.75, 3.05) is 0 Å². The third kappa shape index (κ3) is 3.13. The number of rotatable bonds is 3. The number of aryl methyl sites for hydroxylation is 1. The molecule has 0 radical (unpaired) electrons. The first kappa shape index (κ1) is 11.8. The molecular weight excluding hydrogens is 236 g/mol. The summed E-state index contributed by atoms with van der Waals surface area (Å²) in [5, 5.41) is 0.837. The van der Waals surface area contributed by atoms with Crippen molar-refractivity contribution in [2.45, 2.75) is 24.1 Å². The lowest BCUT2D eigenvalue weighted by molar-refractivity contribution is 0.878. The van der Waals surface area contributed by atoms with E-state index >= 15 is 0 Å². The fraction of sp³-hybridized carbons (Fsp3) is 0.273. The van der Waals surface area contributed by atoms with Crippen molar-refractivity contribution in [3.63, 3.8) is 0 Å². The third-order valence-electron chi connectivity index (χ3n) is 2.11. The van der Waals surface area contributed by atoms with E-state index in [1.165, 1.54) is 17.8 Å². The first-order valence-electron chi connectivity index (χ1n) is 5.15. The molecule has 0 saturated carbocycles. The van der Waals surface area contributed by atoms with Gasteiger partial charge in [0.1, 0.15) is 10.9 Å². The van der Waals surface area contributed by atoms with E-state index in [9.17, 15) is 4.79 Å². The van der Waals surface area contributed by atoms with Crippen LogP contribution < -0.4 is 5.56 Å². The van der Waals surface area contributed by atoms with E-state index in [4.69, 9.17) is 0 Å². The van der Waals surface area contributed by atoms with Crippen LogP contribution in [0.1, 0.15) is 23.7 Å². The summed E-state index contributed by atoms with van der Waals surface area (Å²) >= 11 is 1.51. The Kier molecular flexibility index (Phi) is 3.53. The number of hydrogen-bond donors (Lipinski definition) is 1. The SMILES string of the molecule is Cc1cc(=O)[nH]c(C(C)Sc2cnccn2)n1. The molecule has 0 fully saturated rings. The highest BCUT2D eigenvalue weighted by Crippen LogP contribution is 2.30. The van der Waals surface area contributed by atoms with Crippen LogP contribution in [0.2, 0.25) is 0 Å². The monoisotopic (exact) mass is 248 g/mol. The Morgan fingerprint density at radius 2 is 2.24 bits per heavy atom. The lowest BCUT2D eigenvalue weighted by Crippen LogP contribution is -2.12. The zero-order valence-corrected chi connectivity index (χ0v) is 10.4. The first-order valence-corrected chi connectivity index (χ1v) is 6.03. The van der Waals surface area contributed by atoms with Gasteiger partial charge in [-0.1, -0.05) is 11.8 Å². The Morgan fingerprint density at radius 1 is 1.41 bits per heavy atom. The van der Waals surface area contributed by atoms with Crippen LogP contribution in [0.15, 0.2) is 34.5 Å². The van der Waals surface area contributed by atoms with Crippen LogP contribution >= 0.6 is 11.8 Å². The van der Waals surface area contributed by atoms with Crippen LogP contribution in [-0.2, 0) is 0 Å². The predicted molar refractivity (Wildman–Crippen MR) is 65.9 cm³/mol. The molecule has 0 amide bonds. The molecule has 0 aliphatic carbocycles. The van der Waals surface area contributed by atoms with Crippen LogP contribution in [-0.4, -0.2) is 19.9 Å². The van der Waals surface area contributed by atoms with Gasteiger partial charge in [0.2, 0.25) is 0 Å². The van der Waals surface area contributed by atoms with E-state index in [0.29, 0.717) is 5.82 Å². The molecule has 2 aromatic heterocycles. The molecule has 1 atom stereocenters. The van der Waals surface area contributed by atoms with Crippen molar-refractivity contribution in [3.8, 4) is 0 Å². The second-order valence-electron chi connectivity index (χ2n) is 3.58. The minimum atomic E-state index is -0.126. The van der Waals surface area contributed by atoms with Crippen molar-refractivity contribution >= 4 is 11.8 Å². The molecule has 2 heterocycles. The number of H-pyrrole nitrogens is 1. The van der Waals surface area contributed by atoms with Crippen molar-refractivity contribution in [1.29, 1.82) is 0 Å². The van der Waals surface area contributed by atoms with E-state index in [0.717, 1.165) is 10.7 Å². The van der Waals surface area contributed by atoms with Gasteiger partial charge in [-0.3, -0.25) is 9.78 Å². The maximum atomic E-state index is 11.3. The third-order valence-corrected chi connectivity index (χ3v) is 3.14. The zero-order chi connectivity index (χ0) is 12.3. The van der Waals surface area contributed by atoms with Gasteiger partial charge in [0.25, 0.3) is 5.56 Å². The molecule has 1 unspecified atom stereocenters. The first-order chi connectivity index (χ1) is 8.15. The van der Waals surface area contributed by atoms with Gasteiger partial charge in [0.05, 0.1) is 11.4 Å². The van der Waals surface area contributed by atoms with Gasteiger partial charge < -0.3 is 4.98 Å². The van der Waals surface area contributed by atoms with E-state index in [-0.39, 0.29) is 10.8 Å². The highest BCUT2D eigenvalue weighted by molar-refractivity contribution is 7.99. The van der Waals surface area contributed by atoms with Crippen molar-refractivity contribution in [2.24, 2.45) is 0 Å². The molecule has 1 N–H and O–H groups in total. The van der Waals surface area contributed by atoms with Gasteiger partial charge in [-0.05, 0) is 13.8 Å². The van der Waals surface area contributed by atoms with Gasteiger partial charge in [0, 0.05) is 24.2 Å². The average Bonchev–Trinajstić information content (AvgIpc) is 2.29. The van der Waals surface area contributed by atoms with Gasteiger partial charge in [-0.2, -0.15) is 0 Å². The van der Waals surface area contributed by atoms with Crippen molar-refractivity contribution < 1.29 is 0 Å². The molecular formula is C11H12N4OS. The number of nitrogens with zero attached hydrogens (tertiary/aromatic N) is 3. The summed E-state index contributed by atoms with van der Waals surface area (Å²) < 4.78 is 0. The Hall–Kier alpha value is -1.69. The van der Waals surface area contributed by atoms with Gasteiger partial charge in [0.15, 0.2) is 0 Å². The van der Waals surface area contributed by atoms with Crippen molar-refractivity contribution in [3.05, 3.63) is 46.5 Å². The number of thioether (sulfide) groups is 1. The van der Waals surface area contributed by atoms with E-state index < -0.39 is 0 Å². The summed E-state index contributed by atoms with van der Waals surface area (Å²) in [7, 11) is 0. The smallest absolute Gasteiger partial charge is 0.251 e. The maximum Gasteiger partial charge on any atom is 0.251 e. The normalized spacial score (nSPS) is 12.4. The molecule has 0 bridgehead atoms. The molecule has 2 aromatic rings. The number of aromatic nitrogens is 4.